The van der Waals surface area contributed by atoms with Crippen LogP contribution >= 0.6 is 0 Å². The average Bonchev–Trinajstić information content (AvgIpc) is 3.76. The second-order valence-corrected chi connectivity index (χ2v) is 15.0. The predicted octanol–water partition coefficient (Wildman–Crippen LogP) is 8.19. The quantitative estimate of drug-likeness (QED) is 0.179. The summed E-state index contributed by atoms with van der Waals surface area (Å²) in [5.41, 5.74) is 2.97. The zero-order valence-electron chi connectivity index (χ0n) is 33.7. The van der Waals surface area contributed by atoms with E-state index < -0.39 is 0 Å². The van der Waals surface area contributed by atoms with E-state index in [2.05, 4.69) is 30.8 Å². The maximum atomic E-state index is 12.2. The number of likely N-dealkylation sites (tertiary alicyclic amines) is 1. The highest BCUT2D eigenvalue weighted by molar-refractivity contribution is 6.11. The van der Waals surface area contributed by atoms with Gasteiger partial charge in [0, 0.05) is 36.4 Å². The number of hydrogen-bond acceptors (Lipinski definition) is 9. The second kappa shape index (κ2) is 20.3. The molecule has 2 aliphatic carbocycles. The van der Waals surface area contributed by atoms with Crippen molar-refractivity contribution in [1.29, 1.82) is 0 Å². The van der Waals surface area contributed by atoms with E-state index in [4.69, 9.17) is 9.47 Å². The number of Topliss-reactive ketones (excluding diaryl/α,β-unsaturated/α-hetero) is 1. The average molecular weight is 745 g/mol. The van der Waals surface area contributed by atoms with Crippen LogP contribution < -0.4 is 5.32 Å². The molecule has 4 unspecified atom stereocenters. The molecule has 10 heteroatoms. The molecule has 0 spiro atoms. The lowest BCUT2D eigenvalue weighted by molar-refractivity contribution is -0.128. The lowest BCUT2D eigenvalue weighted by atomic mass is 9.94. The molecule has 2 heterocycles. The summed E-state index contributed by atoms with van der Waals surface area (Å²) in [6.45, 7) is 19.1. The van der Waals surface area contributed by atoms with E-state index >= 15 is 0 Å². The molecule has 3 aromatic carbocycles. The molecule has 8 atom stereocenters. The SMILES string of the molecule is CC.CCOC=O.COCC(=O)c1cccc2c(-c3ccc(C=O)cc3)cccc12.C[C@@H]1C2C[C@@H](C)N(C(=O)OC(C)(C)C)C21.C[C@@H]1C2C[C@@H](C=O)NC21. The van der Waals surface area contributed by atoms with E-state index in [9.17, 15) is 24.0 Å². The van der Waals surface area contributed by atoms with Gasteiger partial charge in [-0.2, -0.15) is 0 Å². The Morgan fingerprint density at radius 3 is 2.02 bits per heavy atom. The van der Waals surface area contributed by atoms with E-state index in [1.807, 2.05) is 88.0 Å². The van der Waals surface area contributed by atoms with Crippen molar-refractivity contribution in [3.63, 3.8) is 0 Å². The summed E-state index contributed by atoms with van der Waals surface area (Å²) in [6, 6.07) is 20.7. The van der Waals surface area contributed by atoms with Crippen LogP contribution in [0.1, 0.15) is 95.9 Å². The fourth-order valence-electron chi connectivity index (χ4n) is 7.46. The number of carbonyl (C=O) groups excluding carboxylic acids is 5. The number of nitrogens with zero attached hydrogens (tertiary/aromatic N) is 1. The Labute approximate surface area is 321 Å². The molecule has 2 saturated heterocycles. The van der Waals surface area contributed by atoms with Crippen molar-refractivity contribution < 1.29 is 38.2 Å². The molecule has 1 N–H and O–H groups in total. The number of piperidine rings is 2. The van der Waals surface area contributed by atoms with Gasteiger partial charge in [-0.3, -0.25) is 14.4 Å². The Morgan fingerprint density at radius 1 is 0.870 bits per heavy atom. The third kappa shape index (κ3) is 11.3. The summed E-state index contributed by atoms with van der Waals surface area (Å²) in [6.07, 6.45) is 3.94. The minimum atomic E-state index is -0.382. The van der Waals surface area contributed by atoms with Crippen molar-refractivity contribution >= 4 is 41.7 Å². The summed E-state index contributed by atoms with van der Waals surface area (Å²) in [5, 5.41) is 5.18. The van der Waals surface area contributed by atoms with Crippen LogP contribution in [-0.4, -0.2) is 85.9 Å². The first-order valence-electron chi connectivity index (χ1n) is 19.2. The van der Waals surface area contributed by atoms with Crippen LogP contribution in [0.5, 0.6) is 0 Å². The number of methoxy groups -OCH3 is 1. The summed E-state index contributed by atoms with van der Waals surface area (Å²) < 4.78 is 14.5. The topological polar surface area (TPSA) is 128 Å². The molecule has 54 heavy (non-hydrogen) atoms. The first kappa shape index (κ1) is 44.0. The molecule has 1 amide bonds. The van der Waals surface area contributed by atoms with Gasteiger partial charge in [0.05, 0.1) is 12.6 Å². The third-order valence-electron chi connectivity index (χ3n) is 10.3. The first-order chi connectivity index (χ1) is 25.8. The van der Waals surface area contributed by atoms with Crippen LogP contribution in [0.25, 0.3) is 21.9 Å². The van der Waals surface area contributed by atoms with Gasteiger partial charge in [-0.1, -0.05) is 88.4 Å². The summed E-state index contributed by atoms with van der Waals surface area (Å²) in [7, 11) is 1.52. The number of benzene rings is 3. The Balaban J connectivity index is 0.000000216. The van der Waals surface area contributed by atoms with E-state index in [0.717, 1.165) is 65.1 Å². The molecule has 4 aliphatic rings. The standard InChI is InChI=1S/C20H16O3.C12H21NO2.C7H11NO.C3H6O2.C2H6/c1-23-13-20(22)19-7-3-5-17-16(4-2-6-18(17)19)15-10-8-14(12-21)9-11-15;1-7-6-9-8(2)10(9)13(7)11(14)15-12(3,4)5;1-4-6-2-5(3-9)8-7(4)6;1-2-5-3-4;1-2/h2-12H,13H2,1H3;7-10H,6H2,1-5H3;3-8H,2H2,1H3;3H,2H2,1H3;1-2H3/t;7-,8-,9?,10?;4-,5+,6?,7?;;/m.11../s1. The molecular weight excluding hydrogens is 684 g/mol. The van der Waals surface area contributed by atoms with E-state index in [1.54, 1.807) is 19.1 Å². The number of amides is 1. The molecule has 0 bridgehead atoms. The maximum absolute atomic E-state index is 12.2. The second-order valence-electron chi connectivity index (χ2n) is 15.0. The molecule has 0 radical (unpaired) electrons. The molecule has 7 rings (SSSR count). The molecule has 0 aromatic heterocycles. The van der Waals surface area contributed by atoms with Gasteiger partial charge in [0.15, 0.2) is 5.78 Å². The third-order valence-corrected chi connectivity index (χ3v) is 10.3. The fraction of sp³-hybridized carbons (Fsp3) is 0.523. The van der Waals surface area contributed by atoms with Crippen molar-refractivity contribution in [2.24, 2.45) is 23.7 Å². The lowest BCUT2D eigenvalue weighted by Crippen LogP contribution is -2.41. The molecular formula is C44H60N2O8. The number of aldehydes is 2. The number of rotatable bonds is 8. The first-order valence-corrected chi connectivity index (χ1v) is 19.2. The van der Waals surface area contributed by atoms with Gasteiger partial charge < -0.3 is 29.2 Å². The lowest BCUT2D eigenvalue weighted by Gasteiger charge is -2.29. The highest BCUT2D eigenvalue weighted by atomic mass is 16.6. The normalized spacial score (nSPS) is 25.2. The van der Waals surface area contributed by atoms with Gasteiger partial charge in [-0.05, 0) is 93.0 Å². The monoisotopic (exact) mass is 744 g/mol. The number of carbonyl (C=O) groups is 5. The number of ether oxygens (including phenoxy) is 3. The minimum Gasteiger partial charge on any atom is -0.468 e. The van der Waals surface area contributed by atoms with Crippen LogP contribution in [0.2, 0.25) is 0 Å². The Kier molecular flexibility index (Phi) is 16.6. The van der Waals surface area contributed by atoms with Crippen LogP contribution in [0.15, 0.2) is 60.7 Å². The van der Waals surface area contributed by atoms with Gasteiger partial charge in [0.2, 0.25) is 0 Å². The number of fused-ring (bicyclic) bond motifs is 3. The van der Waals surface area contributed by atoms with E-state index in [0.29, 0.717) is 48.2 Å². The van der Waals surface area contributed by atoms with Crippen molar-refractivity contribution in [3.05, 3.63) is 71.8 Å². The highest BCUT2D eigenvalue weighted by Gasteiger charge is 2.59. The van der Waals surface area contributed by atoms with Gasteiger partial charge in [-0.15, -0.1) is 0 Å². The zero-order chi connectivity index (χ0) is 40.2. The van der Waals surface area contributed by atoms with Crippen LogP contribution in [0.3, 0.4) is 0 Å². The highest BCUT2D eigenvalue weighted by Crippen LogP contribution is 2.53. The van der Waals surface area contributed by atoms with Crippen molar-refractivity contribution in [2.75, 3.05) is 20.3 Å². The zero-order valence-corrected chi connectivity index (χ0v) is 33.7. The van der Waals surface area contributed by atoms with Gasteiger partial charge in [-0.25, -0.2) is 4.79 Å². The number of nitrogens with one attached hydrogen (secondary N) is 1. The summed E-state index contributed by atoms with van der Waals surface area (Å²) in [4.78, 5) is 56.3. The minimum absolute atomic E-state index is 0.0356. The Bertz CT molecular complexity index is 1690. The van der Waals surface area contributed by atoms with Crippen LogP contribution in [-0.2, 0) is 23.8 Å². The van der Waals surface area contributed by atoms with E-state index in [1.165, 1.54) is 7.11 Å². The summed E-state index contributed by atoms with van der Waals surface area (Å²) >= 11 is 0. The molecule has 2 aliphatic heterocycles. The van der Waals surface area contributed by atoms with Crippen molar-refractivity contribution in [1.82, 2.24) is 10.2 Å². The molecule has 10 nitrogen and oxygen atoms in total. The predicted molar refractivity (Wildman–Crippen MR) is 213 cm³/mol. The molecule has 3 aromatic rings. The molecule has 4 fully saturated rings. The van der Waals surface area contributed by atoms with Gasteiger partial charge in [0.1, 0.15) is 24.8 Å². The van der Waals surface area contributed by atoms with Crippen LogP contribution in [0, 0.1) is 23.7 Å². The van der Waals surface area contributed by atoms with Crippen molar-refractivity contribution in [3.8, 4) is 11.1 Å². The van der Waals surface area contributed by atoms with Gasteiger partial charge in [0.25, 0.3) is 6.47 Å². The Morgan fingerprint density at radius 2 is 1.52 bits per heavy atom. The maximum Gasteiger partial charge on any atom is 0.410 e. The van der Waals surface area contributed by atoms with Crippen LogP contribution in [0.4, 0.5) is 4.79 Å². The fourth-order valence-corrected chi connectivity index (χ4v) is 7.46. The van der Waals surface area contributed by atoms with Gasteiger partial charge >= 0.3 is 6.09 Å². The van der Waals surface area contributed by atoms with Crippen molar-refractivity contribution in [2.45, 2.75) is 105 Å². The van der Waals surface area contributed by atoms with E-state index in [-0.39, 0.29) is 30.1 Å². The summed E-state index contributed by atoms with van der Waals surface area (Å²) in [5.74, 6) is 3.02. The smallest absolute Gasteiger partial charge is 0.410 e. The number of hydrogen-bond donors (Lipinski definition) is 1. The molecule has 2 saturated carbocycles. The Hall–Kier alpha value is -4.41. The molecule has 294 valence electrons. The number of ketones is 1. The largest absolute Gasteiger partial charge is 0.468 e.